The van der Waals surface area contributed by atoms with Gasteiger partial charge in [0, 0.05) is 18.7 Å². The summed E-state index contributed by atoms with van der Waals surface area (Å²) < 4.78 is 13.5. The van der Waals surface area contributed by atoms with Crippen molar-refractivity contribution < 1.29 is 14.4 Å². The second-order valence-electron chi connectivity index (χ2n) is 4.64. The molecule has 0 aliphatic carbocycles. The van der Waals surface area contributed by atoms with Gasteiger partial charge in [0.1, 0.15) is 11.5 Å². The van der Waals surface area contributed by atoms with Crippen LogP contribution >= 0.6 is 15.9 Å². The van der Waals surface area contributed by atoms with E-state index in [1.54, 1.807) is 6.92 Å². The molecule has 2 N–H and O–H groups in total. The molecule has 0 aliphatic heterocycles. The van der Waals surface area contributed by atoms with Crippen LogP contribution in [0.5, 0.6) is 0 Å². The molecule has 106 valence electrons. The van der Waals surface area contributed by atoms with Crippen molar-refractivity contribution in [3.05, 3.63) is 32.5 Å². The second-order valence-corrected chi connectivity index (χ2v) is 5.50. The van der Waals surface area contributed by atoms with Crippen molar-refractivity contribution >= 4 is 27.3 Å². The Labute approximate surface area is 119 Å². The van der Waals surface area contributed by atoms with Crippen LogP contribution in [-0.4, -0.2) is 22.2 Å². The summed E-state index contributed by atoms with van der Waals surface area (Å²) in [5.74, 6) is -0.594. The lowest BCUT2D eigenvalue weighted by Crippen LogP contribution is -2.33. The third-order valence-electron chi connectivity index (χ3n) is 2.68. The number of nitro groups is 1. The van der Waals surface area contributed by atoms with Crippen LogP contribution in [0.3, 0.4) is 0 Å². The third kappa shape index (κ3) is 4.43. The Kier molecular flexibility index (Phi) is 5.25. The van der Waals surface area contributed by atoms with Crippen molar-refractivity contribution in [3.8, 4) is 0 Å². The first kappa shape index (κ1) is 15.8. The van der Waals surface area contributed by atoms with E-state index in [-0.39, 0.29) is 22.4 Å². The number of anilines is 1. The standard InChI is InChI=1S/C12H16BrFN2O3/c1-3-4-12(2,17)7-15-10-6-9(14)8(13)5-11(10)16(18)19/h5-6,15,17H,3-4,7H2,1-2H3. The Balaban J connectivity index is 2.94. The van der Waals surface area contributed by atoms with Crippen molar-refractivity contribution in [1.29, 1.82) is 0 Å². The minimum absolute atomic E-state index is 0.0325. The van der Waals surface area contributed by atoms with Crippen molar-refractivity contribution in [2.24, 2.45) is 0 Å². The number of nitro benzene ring substituents is 1. The lowest BCUT2D eigenvalue weighted by Gasteiger charge is -2.23. The molecule has 7 heteroatoms. The smallest absolute Gasteiger partial charge is 0.293 e. The van der Waals surface area contributed by atoms with E-state index in [4.69, 9.17) is 0 Å². The molecular weight excluding hydrogens is 319 g/mol. The van der Waals surface area contributed by atoms with Gasteiger partial charge >= 0.3 is 0 Å². The molecule has 1 aromatic carbocycles. The summed E-state index contributed by atoms with van der Waals surface area (Å²) in [5.41, 5.74) is -1.17. The number of hydrogen-bond donors (Lipinski definition) is 2. The molecule has 19 heavy (non-hydrogen) atoms. The molecular formula is C12H16BrFN2O3. The number of nitrogens with one attached hydrogen (secondary N) is 1. The van der Waals surface area contributed by atoms with Gasteiger partial charge in [0.05, 0.1) is 15.0 Å². The normalized spacial score (nSPS) is 13.9. The van der Waals surface area contributed by atoms with Crippen LogP contribution in [0.2, 0.25) is 0 Å². The Morgan fingerprint density at radius 3 is 2.74 bits per heavy atom. The summed E-state index contributed by atoms with van der Waals surface area (Å²) in [6, 6.07) is 2.15. The van der Waals surface area contributed by atoms with E-state index in [0.717, 1.165) is 18.6 Å². The van der Waals surface area contributed by atoms with Gasteiger partial charge in [-0.15, -0.1) is 0 Å². The summed E-state index contributed by atoms with van der Waals surface area (Å²) in [4.78, 5) is 10.3. The molecule has 1 unspecified atom stereocenters. The zero-order valence-corrected chi connectivity index (χ0v) is 12.3. The third-order valence-corrected chi connectivity index (χ3v) is 3.29. The van der Waals surface area contributed by atoms with Gasteiger partial charge in [-0.3, -0.25) is 10.1 Å². The maximum absolute atomic E-state index is 13.4. The fourth-order valence-corrected chi connectivity index (χ4v) is 2.07. The number of aliphatic hydroxyl groups is 1. The van der Waals surface area contributed by atoms with Gasteiger partial charge in [0.15, 0.2) is 0 Å². The zero-order chi connectivity index (χ0) is 14.6. The summed E-state index contributed by atoms with van der Waals surface area (Å²) in [5, 5.41) is 23.6. The Bertz CT molecular complexity index is 480. The maximum atomic E-state index is 13.4. The molecule has 0 amide bonds. The Hall–Kier alpha value is -1.21. The molecule has 0 spiro atoms. The largest absolute Gasteiger partial charge is 0.388 e. The van der Waals surface area contributed by atoms with Crippen molar-refractivity contribution in [2.45, 2.75) is 32.3 Å². The Morgan fingerprint density at radius 2 is 2.21 bits per heavy atom. The average molecular weight is 335 g/mol. The first-order valence-electron chi connectivity index (χ1n) is 5.86. The number of benzene rings is 1. The Morgan fingerprint density at radius 1 is 1.58 bits per heavy atom. The van der Waals surface area contributed by atoms with Crippen LogP contribution in [0.1, 0.15) is 26.7 Å². The van der Waals surface area contributed by atoms with Crippen LogP contribution in [-0.2, 0) is 0 Å². The van der Waals surface area contributed by atoms with E-state index >= 15 is 0 Å². The monoisotopic (exact) mass is 334 g/mol. The van der Waals surface area contributed by atoms with Gasteiger partial charge in [-0.05, 0) is 29.3 Å². The van der Waals surface area contributed by atoms with Crippen LogP contribution in [0.15, 0.2) is 16.6 Å². The minimum Gasteiger partial charge on any atom is -0.388 e. The van der Waals surface area contributed by atoms with Crippen LogP contribution in [0, 0.1) is 15.9 Å². The predicted octanol–water partition coefficient (Wildman–Crippen LogP) is 3.46. The number of hydrogen-bond acceptors (Lipinski definition) is 4. The summed E-state index contributed by atoms with van der Waals surface area (Å²) in [6.45, 7) is 3.67. The summed E-state index contributed by atoms with van der Waals surface area (Å²) in [6.07, 6.45) is 1.33. The fraction of sp³-hybridized carbons (Fsp3) is 0.500. The predicted molar refractivity (Wildman–Crippen MR) is 74.8 cm³/mol. The molecule has 0 radical (unpaired) electrons. The number of halogens is 2. The van der Waals surface area contributed by atoms with Crippen LogP contribution in [0.4, 0.5) is 15.8 Å². The average Bonchev–Trinajstić information content (AvgIpc) is 2.30. The molecule has 0 fully saturated rings. The van der Waals surface area contributed by atoms with Crippen LogP contribution < -0.4 is 5.32 Å². The zero-order valence-electron chi connectivity index (χ0n) is 10.7. The molecule has 0 aliphatic rings. The van der Waals surface area contributed by atoms with E-state index in [1.165, 1.54) is 0 Å². The van der Waals surface area contributed by atoms with Gasteiger partial charge in [0.25, 0.3) is 5.69 Å². The minimum atomic E-state index is -0.994. The van der Waals surface area contributed by atoms with Gasteiger partial charge in [-0.2, -0.15) is 0 Å². The molecule has 0 aromatic heterocycles. The van der Waals surface area contributed by atoms with Crippen molar-refractivity contribution in [3.63, 3.8) is 0 Å². The van der Waals surface area contributed by atoms with Gasteiger partial charge < -0.3 is 10.4 Å². The van der Waals surface area contributed by atoms with E-state index in [9.17, 15) is 19.6 Å². The van der Waals surface area contributed by atoms with Crippen molar-refractivity contribution in [1.82, 2.24) is 0 Å². The molecule has 0 saturated heterocycles. The highest BCUT2D eigenvalue weighted by Gasteiger charge is 2.22. The maximum Gasteiger partial charge on any atom is 0.293 e. The number of rotatable bonds is 6. The highest BCUT2D eigenvalue weighted by Crippen LogP contribution is 2.31. The summed E-state index contributed by atoms with van der Waals surface area (Å²) in [7, 11) is 0. The molecule has 1 atom stereocenters. The van der Waals surface area contributed by atoms with E-state index < -0.39 is 16.3 Å². The molecule has 1 rings (SSSR count). The molecule has 0 bridgehead atoms. The topological polar surface area (TPSA) is 75.4 Å². The van der Waals surface area contributed by atoms with Gasteiger partial charge in [0.2, 0.25) is 0 Å². The van der Waals surface area contributed by atoms with Gasteiger partial charge in [-0.25, -0.2) is 4.39 Å². The summed E-state index contributed by atoms with van der Waals surface area (Å²) >= 11 is 2.91. The van der Waals surface area contributed by atoms with Crippen molar-refractivity contribution in [2.75, 3.05) is 11.9 Å². The lowest BCUT2D eigenvalue weighted by atomic mass is 10.0. The molecule has 5 nitrogen and oxygen atoms in total. The van der Waals surface area contributed by atoms with Gasteiger partial charge in [-0.1, -0.05) is 13.3 Å². The first-order chi connectivity index (χ1) is 8.76. The highest BCUT2D eigenvalue weighted by atomic mass is 79.9. The second kappa shape index (κ2) is 6.29. The quantitative estimate of drug-likeness (QED) is 0.617. The molecule has 1 aromatic rings. The molecule has 0 saturated carbocycles. The van der Waals surface area contributed by atoms with E-state index in [2.05, 4.69) is 21.2 Å². The first-order valence-corrected chi connectivity index (χ1v) is 6.66. The fourth-order valence-electron chi connectivity index (χ4n) is 1.74. The number of nitrogens with zero attached hydrogens (tertiary/aromatic N) is 1. The lowest BCUT2D eigenvalue weighted by molar-refractivity contribution is -0.384. The highest BCUT2D eigenvalue weighted by molar-refractivity contribution is 9.10. The van der Waals surface area contributed by atoms with Crippen LogP contribution in [0.25, 0.3) is 0 Å². The van der Waals surface area contributed by atoms with E-state index in [0.29, 0.717) is 6.42 Å². The SMILES string of the molecule is CCCC(C)(O)CNc1cc(F)c(Br)cc1[N+](=O)[O-]. The molecule has 0 heterocycles. The van der Waals surface area contributed by atoms with E-state index in [1.807, 2.05) is 6.92 Å².